The monoisotopic (exact) mass is 287 g/mol. The second kappa shape index (κ2) is 5.44. The minimum absolute atomic E-state index is 0.236. The molecule has 1 aliphatic rings. The molecule has 0 atom stereocenters. The summed E-state index contributed by atoms with van der Waals surface area (Å²) in [5, 5.41) is 9.18. The molecule has 0 aliphatic heterocycles. The van der Waals surface area contributed by atoms with Gasteiger partial charge in [-0.2, -0.15) is 13.2 Å². The minimum atomic E-state index is -4.39. The molecular formula is C14H16F3NO2. The van der Waals surface area contributed by atoms with Crippen LogP contribution in [-0.4, -0.2) is 35.6 Å². The number of carbonyl (C=O) groups is 1. The van der Waals surface area contributed by atoms with Gasteiger partial charge in [0.25, 0.3) is 5.91 Å². The van der Waals surface area contributed by atoms with Crippen LogP contribution in [0.25, 0.3) is 0 Å². The Morgan fingerprint density at radius 2 is 1.85 bits per heavy atom. The van der Waals surface area contributed by atoms with Gasteiger partial charge >= 0.3 is 6.18 Å². The molecule has 1 aliphatic carbocycles. The van der Waals surface area contributed by atoms with Crippen molar-refractivity contribution in [2.75, 3.05) is 13.6 Å². The number of alkyl halides is 3. The number of hydrogen-bond acceptors (Lipinski definition) is 2. The molecule has 2 rings (SSSR count). The van der Waals surface area contributed by atoms with Gasteiger partial charge in [0.15, 0.2) is 0 Å². The zero-order valence-electron chi connectivity index (χ0n) is 11.0. The van der Waals surface area contributed by atoms with Gasteiger partial charge in [0.2, 0.25) is 0 Å². The van der Waals surface area contributed by atoms with Crippen molar-refractivity contribution in [1.82, 2.24) is 4.90 Å². The molecule has 20 heavy (non-hydrogen) atoms. The Morgan fingerprint density at radius 3 is 2.30 bits per heavy atom. The molecule has 110 valence electrons. The van der Waals surface area contributed by atoms with Crippen LogP contribution >= 0.6 is 0 Å². The van der Waals surface area contributed by atoms with E-state index in [2.05, 4.69) is 0 Å². The van der Waals surface area contributed by atoms with E-state index < -0.39 is 11.7 Å². The largest absolute Gasteiger partial charge is 0.416 e. The molecule has 0 heterocycles. The Morgan fingerprint density at radius 1 is 1.30 bits per heavy atom. The van der Waals surface area contributed by atoms with E-state index in [1.165, 1.54) is 17.0 Å². The van der Waals surface area contributed by atoms with Crippen LogP contribution in [0.2, 0.25) is 0 Å². The molecule has 3 nitrogen and oxygen atoms in total. The fourth-order valence-electron chi connectivity index (χ4n) is 2.34. The molecule has 0 saturated heterocycles. The zero-order chi connectivity index (χ0) is 14.9. The fraction of sp³-hybridized carbons (Fsp3) is 0.500. The number of amides is 1. The molecule has 0 radical (unpaired) electrons. The number of carbonyl (C=O) groups excluding carboxylic acids is 1. The van der Waals surface area contributed by atoms with Crippen LogP contribution in [0.3, 0.4) is 0 Å². The number of aliphatic hydroxyl groups excluding tert-OH is 1. The maximum absolute atomic E-state index is 12.4. The van der Waals surface area contributed by atoms with E-state index in [-0.39, 0.29) is 23.5 Å². The van der Waals surface area contributed by atoms with Crippen LogP contribution in [0.5, 0.6) is 0 Å². The van der Waals surface area contributed by atoms with Gasteiger partial charge in [0.05, 0.1) is 11.7 Å². The lowest BCUT2D eigenvalue weighted by molar-refractivity contribution is -0.137. The third-order valence-corrected chi connectivity index (χ3v) is 3.55. The van der Waals surface area contributed by atoms with Crippen molar-refractivity contribution < 1.29 is 23.1 Å². The van der Waals surface area contributed by atoms with Crippen LogP contribution in [-0.2, 0) is 6.18 Å². The van der Waals surface area contributed by atoms with Crippen molar-refractivity contribution in [2.45, 2.75) is 25.1 Å². The summed E-state index contributed by atoms with van der Waals surface area (Å²) in [7, 11) is 1.62. The van der Waals surface area contributed by atoms with Crippen molar-refractivity contribution in [1.29, 1.82) is 0 Å². The third kappa shape index (κ3) is 3.30. The topological polar surface area (TPSA) is 40.5 Å². The second-order valence-electron chi connectivity index (χ2n) is 5.25. The standard InChI is InChI=1S/C14H16F3NO2/c1-18(8-9-6-12(19)7-9)13(20)10-2-4-11(5-3-10)14(15,16)17/h2-5,9,12,19H,6-8H2,1H3. The summed E-state index contributed by atoms with van der Waals surface area (Å²) in [5.41, 5.74) is -0.529. The van der Waals surface area contributed by atoms with Gasteiger partial charge in [0.1, 0.15) is 0 Å². The maximum atomic E-state index is 12.4. The summed E-state index contributed by atoms with van der Waals surface area (Å²) < 4.78 is 37.3. The van der Waals surface area contributed by atoms with Crippen LogP contribution in [0.15, 0.2) is 24.3 Å². The van der Waals surface area contributed by atoms with Gasteiger partial charge in [-0.25, -0.2) is 0 Å². The molecule has 1 aromatic rings. The number of nitrogens with zero attached hydrogens (tertiary/aromatic N) is 1. The smallest absolute Gasteiger partial charge is 0.393 e. The van der Waals surface area contributed by atoms with E-state index >= 15 is 0 Å². The summed E-state index contributed by atoms with van der Waals surface area (Å²) in [5.74, 6) is -0.0338. The van der Waals surface area contributed by atoms with Crippen molar-refractivity contribution in [3.05, 3.63) is 35.4 Å². The second-order valence-corrected chi connectivity index (χ2v) is 5.25. The number of hydrogen-bond donors (Lipinski definition) is 1. The van der Waals surface area contributed by atoms with E-state index in [4.69, 9.17) is 0 Å². The van der Waals surface area contributed by atoms with Gasteiger partial charge < -0.3 is 10.0 Å². The summed E-state index contributed by atoms with van der Waals surface area (Å²) in [6.45, 7) is 0.511. The van der Waals surface area contributed by atoms with Crippen LogP contribution < -0.4 is 0 Å². The van der Waals surface area contributed by atoms with Gasteiger partial charge in [0, 0.05) is 19.2 Å². The molecule has 0 spiro atoms. The first-order valence-electron chi connectivity index (χ1n) is 6.38. The summed E-state index contributed by atoms with van der Waals surface area (Å²) in [4.78, 5) is 13.5. The molecule has 1 N–H and O–H groups in total. The summed E-state index contributed by atoms with van der Waals surface area (Å²) >= 11 is 0. The highest BCUT2D eigenvalue weighted by atomic mass is 19.4. The van der Waals surface area contributed by atoms with E-state index in [9.17, 15) is 23.1 Å². The van der Waals surface area contributed by atoms with E-state index in [0.29, 0.717) is 19.4 Å². The van der Waals surface area contributed by atoms with Crippen molar-refractivity contribution in [3.8, 4) is 0 Å². The molecule has 1 amide bonds. The summed E-state index contributed by atoms with van der Waals surface area (Å²) in [6, 6.07) is 4.21. The SMILES string of the molecule is CN(CC1CC(O)C1)C(=O)c1ccc(C(F)(F)F)cc1. The Labute approximate surface area is 115 Å². The van der Waals surface area contributed by atoms with Crippen LogP contribution in [0.1, 0.15) is 28.8 Å². The molecule has 6 heteroatoms. The maximum Gasteiger partial charge on any atom is 0.416 e. The highest BCUT2D eigenvalue weighted by Gasteiger charge is 2.31. The van der Waals surface area contributed by atoms with Crippen molar-refractivity contribution in [2.24, 2.45) is 5.92 Å². The Kier molecular flexibility index (Phi) is 4.04. The average Bonchev–Trinajstić information content (AvgIpc) is 2.35. The molecule has 1 saturated carbocycles. The van der Waals surface area contributed by atoms with E-state index in [1.54, 1.807) is 7.05 Å². The highest BCUT2D eigenvalue weighted by molar-refractivity contribution is 5.94. The summed E-state index contributed by atoms with van der Waals surface area (Å²) in [6.07, 6.45) is -3.33. The minimum Gasteiger partial charge on any atom is -0.393 e. The van der Waals surface area contributed by atoms with Gasteiger partial charge in [-0.1, -0.05) is 0 Å². The quantitative estimate of drug-likeness (QED) is 0.928. The lowest BCUT2D eigenvalue weighted by Crippen LogP contribution is -2.39. The van der Waals surface area contributed by atoms with Gasteiger partial charge in [-0.15, -0.1) is 0 Å². The Bertz CT molecular complexity index is 478. The third-order valence-electron chi connectivity index (χ3n) is 3.55. The first-order chi connectivity index (χ1) is 9.27. The number of aliphatic hydroxyl groups is 1. The van der Waals surface area contributed by atoms with Gasteiger partial charge in [-0.05, 0) is 43.0 Å². The Hall–Kier alpha value is -1.56. The predicted molar refractivity (Wildman–Crippen MR) is 67.1 cm³/mol. The van der Waals surface area contributed by atoms with Gasteiger partial charge in [-0.3, -0.25) is 4.79 Å². The molecule has 1 aromatic carbocycles. The first-order valence-corrected chi connectivity index (χ1v) is 6.38. The van der Waals surface area contributed by atoms with Crippen LogP contribution in [0.4, 0.5) is 13.2 Å². The van der Waals surface area contributed by atoms with Crippen LogP contribution in [0, 0.1) is 5.92 Å². The van der Waals surface area contributed by atoms with Crippen molar-refractivity contribution in [3.63, 3.8) is 0 Å². The highest BCUT2D eigenvalue weighted by Crippen LogP contribution is 2.30. The lowest BCUT2D eigenvalue weighted by Gasteiger charge is -2.34. The normalized spacial score (nSPS) is 22.2. The molecular weight excluding hydrogens is 271 g/mol. The first kappa shape index (κ1) is 14.8. The Balaban J connectivity index is 1.98. The average molecular weight is 287 g/mol. The number of rotatable bonds is 3. The van der Waals surface area contributed by atoms with E-state index in [0.717, 1.165) is 12.1 Å². The lowest BCUT2D eigenvalue weighted by atomic mass is 9.82. The number of benzene rings is 1. The molecule has 0 bridgehead atoms. The van der Waals surface area contributed by atoms with Crippen molar-refractivity contribution >= 4 is 5.91 Å². The zero-order valence-corrected chi connectivity index (χ0v) is 11.0. The molecule has 1 fully saturated rings. The molecule has 0 unspecified atom stereocenters. The predicted octanol–water partition coefficient (Wildman–Crippen LogP) is 2.55. The fourth-order valence-corrected chi connectivity index (χ4v) is 2.34. The molecule has 0 aromatic heterocycles. The number of halogens is 3. The van der Waals surface area contributed by atoms with E-state index in [1.807, 2.05) is 0 Å².